The number of imidazole rings is 1. The molecule has 7 rings (SSSR count). The number of likely N-dealkylation sites (tertiary alicyclic amines) is 2. The first-order chi connectivity index (χ1) is 20.5. The highest BCUT2D eigenvalue weighted by molar-refractivity contribution is 6.05. The summed E-state index contributed by atoms with van der Waals surface area (Å²) in [6, 6.07) is 3.79. The summed E-state index contributed by atoms with van der Waals surface area (Å²) in [5.41, 5.74) is 4.91. The summed E-state index contributed by atoms with van der Waals surface area (Å²) in [4.78, 5) is 51.6. The summed E-state index contributed by atoms with van der Waals surface area (Å²) in [6.45, 7) is 3.24. The molecule has 2 amide bonds. The number of carbonyl (C=O) groups is 2. The van der Waals surface area contributed by atoms with Gasteiger partial charge in [0.05, 0.1) is 34.5 Å². The van der Waals surface area contributed by atoms with Gasteiger partial charge >= 0.3 is 0 Å². The fourth-order valence-corrected chi connectivity index (χ4v) is 5.83. The van der Waals surface area contributed by atoms with Gasteiger partial charge in [-0.05, 0) is 58.0 Å². The molecule has 0 bridgehead atoms. The molecule has 13 nitrogen and oxygen atoms in total. The van der Waals surface area contributed by atoms with E-state index in [0.29, 0.717) is 39.4 Å². The molecule has 42 heavy (non-hydrogen) atoms. The molecule has 5 aromatic rings. The van der Waals surface area contributed by atoms with Crippen LogP contribution in [0.2, 0.25) is 0 Å². The highest BCUT2D eigenvalue weighted by atomic mass is 16.2. The number of nitrogens with two attached hydrogens (primary N) is 1. The largest absolute Gasteiger partial charge is 0.339 e. The number of aromatic amines is 2. The number of anilines is 1. The van der Waals surface area contributed by atoms with E-state index in [2.05, 4.69) is 42.1 Å². The third-order valence-electron chi connectivity index (χ3n) is 8.30. The van der Waals surface area contributed by atoms with Gasteiger partial charge in [0.2, 0.25) is 5.91 Å². The molecule has 5 aromatic heterocycles. The molecule has 13 heteroatoms. The predicted molar refractivity (Wildman–Crippen MR) is 157 cm³/mol. The van der Waals surface area contributed by atoms with Crippen molar-refractivity contribution in [3.8, 4) is 22.6 Å². The maximum absolute atomic E-state index is 13.2. The van der Waals surface area contributed by atoms with E-state index in [9.17, 15) is 9.59 Å². The van der Waals surface area contributed by atoms with Crippen LogP contribution in [0.3, 0.4) is 0 Å². The molecule has 0 aliphatic carbocycles. The number of pyridine rings is 3. The van der Waals surface area contributed by atoms with Crippen molar-refractivity contribution < 1.29 is 9.59 Å². The van der Waals surface area contributed by atoms with Gasteiger partial charge in [0, 0.05) is 48.7 Å². The van der Waals surface area contributed by atoms with Gasteiger partial charge in [0.1, 0.15) is 11.2 Å². The Morgan fingerprint density at radius 2 is 1.74 bits per heavy atom. The number of rotatable bonds is 5. The SMILES string of the molecule is CN1CCC(C(=O)N(N)c2cncc(-c3cnc4n[nH]c(-c5nc6c(C(=O)N7CCCC7)cncc6[nH]5)c4c3)c2)CC1. The zero-order valence-corrected chi connectivity index (χ0v) is 23.2. The van der Waals surface area contributed by atoms with Gasteiger partial charge in [-0.2, -0.15) is 5.10 Å². The van der Waals surface area contributed by atoms with Crippen LogP contribution in [0, 0.1) is 5.92 Å². The Morgan fingerprint density at radius 3 is 2.55 bits per heavy atom. The van der Waals surface area contributed by atoms with Gasteiger partial charge in [-0.15, -0.1) is 0 Å². The van der Waals surface area contributed by atoms with Gasteiger partial charge in [0.15, 0.2) is 11.5 Å². The van der Waals surface area contributed by atoms with Gasteiger partial charge in [-0.25, -0.2) is 20.8 Å². The van der Waals surface area contributed by atoms with E-state index < -0.39 is 0 Å². The lowest BCUT2D eigenvalue weighted by Crippen LogP contribution is -2.45. The monoisotopic (exact) mass is 565 g/mol. The minimum Gasteiger partial charge on any atom is -0.339 e. The fraction of sp³-hybridized carbons (Fsp3) is 0.345. The van der Waals surface area contributed by atoms with Crippen LogP contribution in [-0.2, 0) is 4.79 Å². The van der Waals surface area contributed by atoms with Crippen LogP contribution in [0.25, 0.3) is 44.7 Å². The molecule has 0 atom stereocenters. The van der Waals surface area contributed by atoms with Crippen molar-refractivity contribution in [3.63, 3.8) is 0 Å². The quantitative estimate of drug-likeness (QED) is 0.165. The third-order valence-corrected chi connectivity index (χ3v) is 8.30. The maximum Gasteiger partial charge on any atom is 0.257 e. The van der Waals surface area contributed by atoms with E-state index in [1.54, 1.807) is 31.0 Å². The Kier molecular flexibility index (Phi) is 6.59. The number of nitrogens with one attached hydrogen (secondary N) is 2. The first-order valence-electron chi connectivity index (χ1n) is 14.2. The Morgan fingerprint density at radius 1 is 0.976 bits per heavy atom. The van der Waals surface area contributed by atoms with Crippen molar-refractivity contribution in [2.75, 3.05) is 38.2 Å². The average Bonchev–Trinajstić information content (AvgIpc) is 3.80. The summed E-state index contributed by atoms with van der Waals surface area (Å²) >= 11 is 0. The lowest BCUT2D eigenvalue weighted by Gasteiger charge is -2.30. The van der Waals surface area contributed by atoms with Gasteiger partial charge in [0.25, 0.3) is 5.91 Å². The van der Waals surface area contributed by atoms with E-state index >= 15 is 0 Å². The number of carbonyl (C=O) groups excluding carboxylic acids is 2. The summed E-state index contributed by atoms with van der Waals surface area (Å²) in [5, 5.41) is 9.36. The Labute approximate surface area is 241 Å². The standard InChI is InChI=1S/C29H31N11O2/c1-38-8-4-17(5-9-38)28(41)40(30)20-10-18(12-31-14-20)19-11-21-25(36-37-26(21)33-13-19)27-34-23-16-32-15-22(24(23)35-27)29(42)39-6-2-3-7-39/h10-17H,2-9,30H2,1H3,(H,34,35)(H,33,36,37). The molecule has 2 saturated heterocycles. The van der Waals surface area contributed by atoms with Crippen LogP contribution in [0.5, 0.6) is 0 Å². The molecule has 0 saturated carbocycles. The van der Waals surface area contributed by atoms with Gasteiger partial charge in [-0.3, -0.25) is 24.7 Å². The number of nitrogens with zero attached hydrogens (tertiary/aromatic N) is 8. The van der Waals surface area contributed by atoms with Gasteiger partial charge in [-0.1, -0.05) is 0 Å². The summed E-state index contributed by atoms with van der Waals surface area (Å²) < 4.78 is 0. The van der Waals surface area contributed by atoms with Crippen LogP contribution in [0.4, 0.5) is 5.69 Å². The topological polar surface area (TPSA) is 166 Å². The predicted octanol–water partition coefficient (Wildman–Crippen LogP) is 2.74. The Hall–Kier alpha value is -4.75. The lowest BCUT2D eigenvalue weighted by molar-refractivity contribution is -0.123. The second kappa shape index (κ2) is 10.6. The number of fused-ring (bicyclic) bond motifs is 2. The van der Waals surface area contributed by atoms with Crippen molar-refractivity contribution in [3.05, 3.63) is 48.7 Å². The van der Waals surface area contributed by atoms with Crippen LogP contribution in [0.15, 0.2) is 43.1 Å². The van der Waals surface area contributed by atoms with Crippen molar-refractivity contribution in [2.24, 2.45) is 11.8 Å². The minimum atomic E-state index is -0.105. The summed E-state index contributed by atoms with van der Waals surface area (Å²) in [7, 11) is 2.06. The number of H-pyrrole nitrogens is 2. The van der Waals surface area contributed by atoms with Gasteiger partial charge < -0.3 is 14.8 Å². The zero-order valence-electron chi connectivity index (χ0n) is 23.2. The number of amides is 2. The van der Waals surface area contributed by atoms with Crippen molar-refractivity contribution in [1.82, 2.24) is 44.9 Å². The van der Waals surface area contributed by atoms with E-state index in [1.165, 1.54) is 5.01 Å². The zero-order chi connectivity index (χ0) is 28.8. The molecular weight excluding hydrogens is 534 g/mol. The molecule has 214 valence electrons. The van der Waals surface area contributed by atoms with Crippen LogP contribution in [-0.4, -0.2) is 90.0 Å². The van der Waals surface area contributed by atoms with Crippen molar-refractivity contribution in [1.29, 1.82) is 0 Å². The number of hydrazine groups is 1. The molecule has 2 aliphatic rings. The molecule has 2 fully saturated rings. The highest BCUT2D eigenvalue weighted by Crippen LogP contribution is 2.31. The minimum absolute atomic E-state index is 0.0577. The molecular formula is C29H31N11O2. The molecule has 4 N–H and O–H groups in total. The number of hydrogen-bond acceptors (Lipinski definition) is 9. The lowest BCUT2D eigenvalue weighted by atomic mass is 9.96. The second-order valence-corrected chi connectivity index (χ2v) is 11.1. The summed E-state index contributed by atoms with van der Waals surface area (Å²) in [6.07, 6.45) is 11.8. The highest BCUT2D eigenvalue weighted by Gasteiger charge is 2.28. The number of aromatic nitrogens is 7. The van der Waals surface area contributed by atoms with E-state index in [4.69, 9.17) is 10.8 Å². The molecule has 0 spiro atoms. The van der Waals surface area contributed by atoms with E-state index in [0.717, 1.165) is 68.4 Å². The Balaban J connectivity index is 1.20. The first kappa shape index (κ1) is 26.2. The molecule has 0 aromatic carbocycles. The Bertz CT molecular complexity index is 1800. The number of hydrogen-bond donors (Lipinski definition) is 3. The summed E-state index contributed by atoms with van der Waals surface area (Å²) in [5.74, 6) is 6.55. The van der Waals surface area contributed by atoms with Crippen LogP contribution in [0.1, 0.15) is 36.0 Å². The van der Waals surface area contributed by atoms with Crippen molar-refractivity contribution in [2.45, 2.75) is 25.7 Å². The maximum atomic E-state index is 13.2. The normalized spacial score (nSPS) is 16.5. The van der Waals surface area contributed by atoms with Crippen LogP contribution >= 0.6 is 0 Å². The van der Waals surface area contributed by atoms with E-state index in [-0.39, 0.29) is 17.7 Å². The molecule has 0 radical (unpaired) electrons. The molecule has 2 aliphatic heterocycles. The van der Waals surface area contributed by atoms with Crippen LogP contribution < -0.4 is 10.9 Å². The third kappa shape index (κ3) is 4.65. The average molecular weight is 566 g/mol. The second-order valence-electron chi connectivity index (χ2n) is 11.1. The molecule has 0 unspecified atom stereocenters. The fourth-order valence-electron chi connectivity index (χ4n) is 5.83. The molecule has 7 heterocycles. The first-order valence-corrected chi connectivity index (χ1v) is 14.2. The number of piperidine rings is 1. The van der Waals surface area contributed by atoms with E-state index in [1.807, 2.05) is 17.0 Å². The smallest absolute Gasteiger partial charge is 0.257 e. The van der Waals surface area contributed by atoms with Crippen molar-refractivity contribution >= 4 is 39.6 Å².